The van der Waals surface area contributed by atoms with Crippen LogP contribution in [0.5, 0.6) is 0 Å². The molecule has 1 aliphatic heterocycles. The summed E-state index contributed by atoms with van der Waals surface area (Å²) in [4.78, 5) is 29.6. The van der Waals surface area contributed by atoms with E-state index in [0.29, 0.717) is 24.9 Å². The van der Waals surface area contributed by atoms with Gasteiger partial charge in [-0.15, -0.1) is 0 Å². The maximum absolute atomic E-state index is 12.6. The van der Waals surface area contributed by atoms with E-state index in [1.54, 1.807) is 18.5 Å². The van der Waals surface area contributed by atoms with E-state index in [1.807, 2.05) is 13.8 Å². The molecule has 1 unspecified atom stereocenters. The second-order valence-corrected chi connectivity index (χ2v) is 4.94. The molecule has 1 saturated heterocycles. The van der Waals surface area contributed by atoms with Crippen molar-refractivity contribution in [2.24, 2.45) is 0 Å². The van der Waals surface area contributed by atoms with E-state index in [0.717, 1.165) is 12.0 Å². The lowest BCUT2D eigenvalue weighted by atomic mass is 9.92. The Labute approximate surface area is 112 Å². The normalized spacial score (nSPS) is 22.5. The first-order valence-corrected chi connectivity index (χ1v) is 6.49. The molecule has 0 radical (unpaired) electrons. The van der Waals surface area contributed by atoms with Crippen LogP contribution in [0.25, 0.3) is 0 Å². The Balaban J connectivity index is 2.38. The first kappa shape index (κ1) is 13.5. The van der Waals surface area contributed by atoms with E-state index in [-0.39, 0.29) is 5.91 Å². The molecule has 2 rings (SSSR count). The number of likely N-dealkylation sites (tertiary alicyclic amines) is 1. The van der Waals surface area contributed by atoms with Crippen molar-refractivity contribution in [1.82, 2.24) is 9.88 Å². The van der Waals surface area contributed by atoms with Crippen LogP contribution in [-0.4, -0.2) is 39.0 Å². The number of carboxylic acid groups (broad SMARTS) is 1. The highest BCUT2D eigenvalue weighted by Crippen LogP contribution is 2.34. The topological polar surface area (TPSA) is 70.5 Å². The van der Waals surface area contributed by atoms with Crippen molar-refractivity contribution >= 4 is 11.9 Å². The third-order valence-electron chi connectivity index (χ3n) is 3.97. The van der Waals surface area contributed by atoms with Gasteiger partial charge in [-0.25, -0.2) is 4.79 Å². The molecule has 1 amide bonds. The van der Waals surface area contributed by atoms with Crippen LogP contribution >= 0.6 is 0 Å². The molecule has 19 heavy (non-hydrogen) atoms. The highest BCUT2D eigenvalue weighted by Gasteiger charge is 2.48. The second-order valence-electron chi connectivity index (χ2n) is 4.94. The fourth-order valence-electron chi connectivity index (χ4n) is 2.77. The Morgan fingerprint density at radius 3 is 2.84 bits per heavy atom. The molecule has 0 aliphatic carbocycles. The Kier molecular flexibility index (Phi) is 3.55. The van der Waals surface area contributed by atoms with Gasteiger partial charge in [-0.3, -0.25) is 9.78 Å². The van der Waals surface area contributed by atoms with Gasteiger partial charge in [0.25, 0.3) is 5.91 Å². The fraction of sp³-hybridized carbons (Fsp3) is 0.500. The zero-order valence-corrected chi connectivity index (χ0v) is 11.2. The van der Waals surface area contributed by atoms with Gasteiger partial charge >= 0.3 is 5.97 Å². The summed E-state index contributed by atoms with van der Waals surface area (Å²) in [5.74, 6) is -1.12. The van der Waals surface area contributed by atoms with Crippen LogP contribution in [-0.2, 0) is 4.79 Å². The molecule has 1 N–H and O–H groups in total. The molecule has 102 valence electrons. The smallest absolute Gasteiger partial charge is 0.329 e. The minimum Gasteiger partial charge on any atom is -0.479 e. The summed E-state index contributed by atoms with van der Waals surface area (Å²) in [5.41, 5.74) is 0.262. The molecule has 0 spiro atoms. The predicted octanol–water partition coefficient (Wildman–Crippen LogP) is 1.86. The van der Waals surface area contributed by atoms with E-state index >= 15 is 0 Å². The third kappa shape index (κ3) is 2.09. The Bertz CT molecular complexity index is 515. The largest absolute Gasteiger partial charge is 0.479 e. The van der Waals surface area contributed by atoms with Crippen molar-refractivity contribution < 1.29 is 14.7 Å². The summed E-state index contributed by atoms with van der Waals surface area (Å²) in [6.07, 6.45) is 4.87. The molecule has 2 heterocycles. The van der Waals surface area contributed by atoms with Crippen LogP contribution in [0.3, 0.4) is 0 Å². The number of aryl methyl sites for hydroxylation is 1. The van der Waals surface area contributed by atoms with Gasteiger partial charge in [0, 0.05) is 24.5 Å². The number of hydrogen-bond acceptors (Lipinski definition) is 3. The highest BCUT2D eigenvalue weighted by atomic mass is 16.4. The number of hydrogen-bond donors (Lipinski definition) is 1. The van der Waals surface area contributed by atoms with E-state index in [4.69, 9.17) is 0 Å². The van der Waals surface area contributed by atoms with Crippen molar-refractivity contribution in [3.05, 3.63) is 29.6 Å². The van der Waals surface area contributed by atoms with Crippen molar-refractivity contribution in [2.45, 2.75) is 38.6 Å². The minimum atomic E-state index is -1.05. The van der Waals surface area contributed by atoms with Crippen LogP contribution in [0.2, 0.25) is 0 Å². The summed E-state index contributed by atoms with van der Waals surface area (Å²) < 4.78 is 0. The predicted molar refractivity (Wildman–Crippen MR) is 69.9 cm³/mol. The van der Waals surface area contributed by atoms with Crippen molar-refractivity contribution in [2.75, 3.05) is 6.54 Å². The Morgan fingerprint density at radius 2 is 2.26 bits per heavy atom. The van der Waals surface area contributed by atoms with Crippen LogP contribution in [0.1, 0.15) is 42.1 Å². The van der Waals surface area contributed by atoms with Gasteiger partial charge in [0.1, 0.15) is 5.54 Å². The summed E-state index contributed by atoms with van der Waals surface area (Å²) in [7, 11) is 0. The minimum absolute atomic E-state index is 0.207. The molecule has 1 aromatic heterocycles. The Hall–Kier alpha value is -1.91. The number of rotatable bonds is 3. The Morgan fingerprint density at radius 1 is 1.53 bits per heavy atom. The number of carbonyl (C=O) groups excluding carboxylic acids is 1. The summed E-state index contributed by atoms with van der Waals surface area (Å²) >= 11 is 0. The molecule has 1 atom stereocenters. The van der Waals surface area contributed by atoms with Gasteiger partial charge in [0.15, 0.2) is 0 Å². The monoisotopic (exact) mass is 262 g/mol. The number of carboxylic acids is 1. The van der Waals surface area contributed by atoms with E-state index in [1.165, 1.54) is 4.90 Å². The fourth-order valence-corrected chi connectivity index (χ4v) is 2.77. The molecule has 1 aromatic rings. The van der Waals surface area contributed by atoms with Crippen molar-refractivity contribution in [3.8, 4) is 0 Å². The number of amides is 1. The quantitative estimate of drug-likeness (QED) is 0.902. The van der Waals surface area contributed by atoms with Gasteiger partial charge < -0.3 is 10.0 Å². The van der Waals surface area contributed by atoms with Gasteiger partial charge in [0.2, 0.25) is 0 Å². The van der Waals surface area contributed by atoms with Gasteiger partial charge in [-0.2, -0.15) is 0 Å². The van der Waals surface area contributed by atoms with Crippen LogP contribution in [0.15, 0.2) is 18.5 Å². The first-order chi connectivity index (χ1) is 9.03. The summed E-state index contributed by atoms with van der Waals surface area (Å²) in [6.45, 7) is 4.13. The standard InChI is InChI=1S/C14H18N2O3/c1-3-14(13(18)19)6-4-8-16(14)12(17)11-5-7-15-9-10(11)2/h5,7,9H,3-4,6,8H2,1-2H3,(H,18,19). The lowest BCUT2D eigenvalue weighted by Gasteiger charge is -2.34. The number of carbonyl (C=O) groups is 2. The average molecular weight is 262 g/mol. The van der Waals surface area contributed by atoms with Crippen molar-refractivity contribution in [3.63, 3.8) is 0 Å². The summed E-state index contributed by atoms with van der Waals surface area (Å²) in [5, 5.41) is 9.49. The van der Waals surface area contributed by atoms with Gasteiger partial charge in [0.05, 0.1) is 0 Å². The maximum Gasteiger partial charge on any atom is 0.329 e. The SMILES string of the molecule is CCC1(C(=O)O)CCCN1C(=O)c1ccncc1C. The van der Waals surface area contributed by atoms with Crippen molar-refractivity contribution in [1.29, 1.82) is 0 Å². The van der Waals surface area contributed by atoms with E-state index < -0.39 is 11.5 Å². The van der Waals surface area contributed by atoms with E-state index in [9.17, 15) is 14.7 Å². The molecule has 0 saturated carbocycles. The number of aromatic nitrogens is 1. The van der Waals surface area contributed by atoms with Crippen LogP contribution in [0.4, 0.5) is 0 Å². The first-order valence-electron chi connectivity index (χ1n) is 6.49. The molecule has 5 heteroatoms. The lowest BCUT2D eigenvalue weighted by Crippen LogP contribution is -2.52. The zero-order valence-electron chi connectivity index (χ0n) is 11.2. The molecule has 5 nitrogen and oxygen atoms in total. The number of aliphatic carboxylic acids is 1. The lowest BCUT2D eigenvalue weighted by molar-refractivity contribution is -0.148. The molecular weight excluding hydrogens is 244 g/mol. The zero-order chi connectivity index (χ0) is 14.0. The molecule has 1 aliphatic rings. The average Bonchev–Trinajstić information content (AvgIpc) is 2.83. The van der Waals surface area contributed by atoms with Crippen LogP contribution in [0, 0.1) is 6.92 Å². The second kappa shape index (κ2) is 4.99. The maximum atomic E-state index is 12.6. The van der Waals surface area contributed by atoms with Gasteiger partial charge in [-0.1, -0.05) is 6.92 Å². The van der Waals surface area contributed by atoms with E-state index in [2.05, 4.69) is 4.98 Å². The molecule has 0 bridgehead atoms. The molecule has 0 aromatic carbocycles. The molecule has 1 fully saturated rings. The molecular formula is C14H18N2O3. The third-order valence-corrected chi connectivity index (χ3v) is 3.97. The number of nitrogens with zero attached hydrogens (tertiary/aromatic N) is 2. The summed E-state index contributed by atoms with van der Waals surface area (Å²) in [6, 6.07) is 1.65. The van der Waals surface area contributed by atoms with Gasteiger partial charge in [-0.05, 0) is 37.8 Å². The van der Waals surface area contributed by atoms with Crippen LogP contribution < -0.4 is 0 Å². The highest BCUT2D eigenvalue weighted by molar-refractivity contribution is 5.99. The number of pyridine rings is 1.